The molecular weight excluding hydrogens is 423 g/mol. The van der Waals surface area contributed by atoms with Crippen LogP contribution in [0, 0.1) is 12.7 Å². The van der Waals surface area contributed by atoms with E-state index in [0.717, 1.165) is 13.0 Å². The van der Waals surface area contributed by atoms with Crippen molar-refractivity contribution in [1.82, 2.24) is 14.9 Å². The number of halogens is 1. The van der Waals surface area contributed by atoms with Crippen LogP contribution >= 0.6 is 0 Å². The van der Waals surface area contributed by atoms with Crippen molar-refractivity contribution in [1.29, 1.82) is 0 Å². The summed E-state index contributed by atoms with van der Waals surface area (Å²) in [5.74, 6) is -0.309. The average molecular weight is 447 g/mol. The molecule has 2 aromatic carbocycles. The Bertz CT molecular complexity index is 1120. The first kappa shape index (κ1) is 22.3. The standard InChI is InChI=1S/C21H23FN4O4S/c1-16-13-19(31(28,29)25-18-5-3-17(22)4-6-18)7-8-20(16)30-14-21(27)24-9-2-11-26-12-10-23-15-26/h3-8,10,12-13,15,25H,2,9,11,14H2,1H3,(H,24,27). The predicted octanol–water partition coefficient (Wildman–Crippen LogP) is 2.72. The van der Waals surface area contributed by atoms with Gasteiger partial charge in [-0.1, -0.05) is 0 Å². The number of amides is 1. The van der Waals surface area contributed by atoms with Crippen LogP contribution in [0.1, 0.15) is 12.0 Å². The van der Waals surface area contributed by atoms with Crippen molar-refractivity contribution in [3.8, 4) is 5.75 Å². The van der Waals surface area contributed by atoms with Gasteiger partial charge in [0.2, 0.25) is 0 Å². The fraction of sp³-hybridized carbons (Fsp3) is 0.238. The third-order valence-corrected chi connectivity index (χ3v) is 5.77. The molecule has 10 heteroatoms. The highest BCUT2D eigenvalue weighted by Crippen LogP contribution is 2.23. The molecule has 1 amide bonds. The largest absolute Gasteiger partial charge is 0.484 e. The summed E-state index contributed by atoms with van der Waals surface area (Å²) in [7, 11) is -3.84. The van der Waals surface area contributed by atoms with E-state index in [1.54, 1.807) is 19.4 Å². The molecule has 0 saturated carbocycles. The second-order valence-electron chi connectivity index (χ2n) is 6.83. The highest BCUT2D eigenvalue weighted by Gasteiger charge is 2.16. The van der Waals surface area contributed by atoms with Gasteiger partial charge in [0.15, 0.2) is 6.61 Å². The number of hydrogen-bond acceptors (Lipinski definition) is 5. The van der Waals surface area contributed by atoms with Gasteiger partial charge >= 0.3 is 0 Å². The number of carbonyl (C=O) groups is 1. The molecule has 3 rings (SSSR count). The molecule has 0 saturated heterocycles. The molecule has 164 valence electrons. The van der Waals surface area contributed by atoms with Gasteiger partial charge in [0, 0.05) is 31.2 Å². The minimum absolute atomic E-state index is 0.0330. The lowest BCUT2D eigenvalue weighted by molar-refractivity contribution is -0.123. The number of hydrogen-bond donors (Lipinski definition) is 2. The number of sulfonamides is 1. The summed E-state index contributed by atoms with van der Waals surface area (Å²) < 4.78 is 47.9. The number of benzene rings is 2. The number of nitrogens with one attached hydrogen (secondary N) is 2. The lowest BCUT2D eigenvalue weighted by Crippen LogP contribution is -2.30. The molecule has 0 unspecified atom stereocenters. The fourth-order valence-electron chi connectivity index (χ4n) is 2.79. The van der Waals surface area contributed by atoms with E-state index in [9.17, 15) is 17.6 Å². The van der Waals surface area contributed by atoms with Gasteiger partial charge in [-0.3, -0.25) is 9.52 Å². The summed E-state index contributed by atoms with van der Waals surface area (Å²) in [6.07, 6.45) is 6.03. The quantitative estimate of drug-likeness (QED) is 0.466. The zero-order valence-electron chi connectivity index (χ0n) is 16.9. The maximum Gasteiger partial charge on any atom is 0.261 e. The van der Waals surface area contributed by atoms with Crippen LogP contribution in [0.5, 0.6) is 5.75 Å². The SMILES string of the molecule is Cc1cc(S(=O)(=O)Nc2ccc(F)cc2)ccc1OCC(=O)NCCCn1ccnc1. The lowest BCUT2D eigenvalue weighted by Gasteiger charge is -2.12. The van der Waals surface area contributed by atoms with Gasteiger partial charge in [-0.15, -0.1) is 0 Å². The lowest BCUT2D eigenvalue weighted by atomic mass is 10.2. The molecule has 1 aromatic heterocycles. The molecule has 0 bridgehead atoms. The minimum atomic E-state index is -3.84. The van der Waals surface area contributed by atoms with Gasteiger partial charge in [0.25, 0.3) is 15.9 Å². The number of nitrogens with zero attached hydrogens (tertiary/aromatic N) is 2. The molecule has 0 radical (unpaired) electrons. The Labute approximate surface area is 180 Å². The molecule has 1 heterocycles. The second kappa shape index (κ2) is 10.1. The van der Waals surface area contributed by atoms with Gasteiger partial charge in [0.05, 0.1) is 11.2 Å². The molecule has 0 aliphatic heterocycles. The Morgan fingerprint density at radius 2 is 1.97 bits per heavy atom. The van der Waals surface area contributed by atoms with Crippen LogP contribution < -0.4 is 14.8 Å². The molecule has 0 aliphatic carbocycles. The third kappa shape index (κ3) is 6.54. The van der Waals surface area contributed by atoms with Crippen molar-refractivity contribution in [2.45, 2.75) is 24.8 Å². The van der Waals surface area contributed by atoms with Crippen LogP contribution in [-0.4, -0.2) is 37.0 Å². The van der Waals surface area contributed by atoms with Crippen molar-refractivity contribution in [3.05, 3.63) is 72.6 Å². The Morgan fingerprint density at radius 3 is 2.65 bits per heavy atom. The number of carbonyl (C=O) groups excluding carboxylic acids is 1. The Kier molecular flexibility index (Phi) is 7.24. The number of rotatable bonds is 10. The molecule has 0 spiro atoms. The van der Waals surface area contributed by atoms with Crippen molar-refractivity contribution in [2.75, 3.05) is 17.9 Å². The van der Waals surface area contributed by atoms with E-state index >= 15 is 0 Å². The molecular formula is C21H23FN4O4S. The zero-order chi connectivity index (χ0) is 22.3. The van der Waals surface area contributed by atoms with E-state index in [-0.39, 0.29) is 23.1 Å². The normalized spacial score (nSPS) is 11.2. The van der Waals surface area contributed by atoms with Crippen molar-refractivity contribution >= 4 is 21.6 Å². The fourth-order valence-corrected chi connectivity index (χ4v) is 3.93. The van der Waals surface area contributed by atoms with Crippen LogP contribution in [0.2, 0.25) is 0 Å². The molecule has 3 aromatic rings. The molecule has 8 nitrogen and oxygen atoms in total. The number of ether oxygens (including phenoxy) is 1. The van der Waals surface area contributed by atoms with Crippen LogP contribution in [0.3, 0.4) is 0 Å². The Hall–Kier alpha value is -3.40. The van der Waals surface area contributed by atoms with Crippen LogP contribution in [-0.2, 0) is 21.4 Å². The highest BCUT2D eigenvalue weighted by atomic mass is 32.2. The first-order valence-corrected chi connectivity index (χ1v) is 11.1. The van der Waals surface area contributed by atoms with Crippen LogP contribution in [0.25, 0.3) is 0 Å². The molecule has 2 N–H and O–H groups in total. The van der Waals surface area contributed by atoms with Gasteiger partial charge in [-0.25, -0.2) is 17.8 Å². The topological polar surface area (TPSA) is 102 Å². The van der Waals surface area contributed by atoms with Crippen LogP contribution in [0.4, 0.5) is 10.1 Å². The van der Waals surface area contributed by atoms with Gasteiger partial charge in [-0.05, 0) is 61.4 Å². The van der Waals surface area contributed by atoms with Crippen LogP contribution in [0.15, 0.2) is 66.1 Å². The summed E-state index contributed by atoms with van der Waals surface area (Å²) in [6.45, 7) is 2.77. The number of aromatic nitrogens is 2. The smallest absolute Gasteiger partial charge is 0.261 e. The summed E-state index contributed by atoms with van der Waals surface area (Å²) in [5.41, 5.74) is 0.818. The number of imidazole rings is 1. The third-order valence-electron chi connectivity index (χ3n) is 4.39. The molecule has 0 atom stereocenters. The Balaban J connectivity index is 1.50. The van der Waals surface area contributed by atoms with Gasteiger partial charge in [0.1, 0.15) is 11.6 Å². The summed E-state index contributed by atoms with van der Waals surface area (Å²) in [6, 6.07) is 9.35. The summed E-state index contributed by atoms with van der Waals surface area (Å²) in [4.78, 5) is 15.9. The van der Waals surface area contributed by atoms with Crippen molar-refractivity contribution in [3.63, 3.8) is 0 Å². The van der Waals surface area contributed by atoms with E-state index in [2.05, 4.69) is 15.0 Å². The van der Waals surface area contributed by atoms with E-state index in [1.807, 2.05) is 10.8 Å². The van der Waals surface area contributed by atoms with Crippen molar-refractivity contribution < 1.29 is 22.3 Å². The van der Waals surface area contributed by atoms with Gasteiger partial charge in [-0.2, -0.15) is 0 Å². The first-order valence-electron chi connectivity index (χ1n) is 9.58. The first-order chi connectivity index (χ1) is 14.8. The summed E-state index contributed by atoms with van der Waals surface area (Å²) >= 11 is 0. The molecule has 0 aliphatic rings. The monoisotopic (exact) mass is 446 g/mol. The second-order valence-corrected chi connectivity index (χ2v) is 8.51. The highest BCUT2D eigenvalue weighted by molar-refractivity contribution is 7.92. The maximum absolute atomic E-state index is 13.0. The Morgan fingerprint density at radius 1 is 1.19 bits per heavy atom. The summed E-state index contributed by atoms with van der Waals surface area (Å²) in [5, 5.41) is 2.77. The van der Waals surface area contributed by atoms with E-state index in [1.165, 1.54) is 42.5 Å². The number of aryl methyl sites for hydroxylation is 2. The predicted molar refractivity (Wildman–Crippen MR) is 114 cm³/mol. The minimum Gasteiger partial charge on any atom is -0.484 e. The van der Waals surface area contributed by atoms with E-state index < -0.39 is 15.8 Å². The molecule has 0 fully saturated rings. The number of anilines is 1. The average Bonchev–Trinajstić information content (AvgIpc) is 3.25. The maximum atomic E-state index is 13.0. The van der Waals surface area contributed by atoms with Crippen molar-refractivity contribution in [2.24, 2.45) is 0 Å². The van der Waals surface area contributed by atoms with Gasteiger partial charge < -0.3 is 14.6 Å². The van der Waals surface area contributed by atoms with E-state index in [4.69, 9.17) is 4.74 Å². The zero-order valence-corrected chi connectivity index (χ0v) is 17.7. The van der Waals surface area contributed by atoms with E-state index in [0.29, 0.717) is 17.9 Å². The molecule has 31 heavy (non-hydrogen) atoms.